The lowest BCUT2D eigenvalue weighted by Gasteiger charge is -2.25. The van der Waals surface area contributed by atoms with Gasteiger partial charge >= 0.3 is 0 Å². The molecule has 1 saturated heterocycles. The van der Waals surface area contributed by atoms with Crippen LogP contribution in [0.5, 0.6) is 0 Å². The van der Waals surface area contributed by atoms with Crippen molar-refractivity contribution < 1.29 is 9.59 Å². The molecule has 1 aromatic heterocycles. The highest BCUT2D eigenvalue weighted by molar-refractivity contribution is 7.22. The fourth-order valence-electron chi connectivity index (χ4n) is 2.63. The van der Waals surface area contributed by atoms with Crippen LogP contribution in [0.3, 0.4) is 0 Å². The molecule has 0 aliphatic carbocycles. The number of hydrogen-bond donors (Lipinski definition) is 1. The van der Waals surface area contributed by atoms with Gasteiger partial charge in [-0.2, -0.15) is 0 Å². The highest BCUT2D eigenvalue weighted by atomic mass is 32.1. The van der Waals surface area contributed by atoms with Crippen LogP contribution in [0.15, 0.2) is 24.3 Å². The molecule has 2 heterocycles. The number of benzene rings is 1. The third kappa shape index (κ3) is 3.51. The summed E-state index contributed by atoms with van der Waals surface area (Å²) in [6, 6.07) is 7.52. The second-order valence-electron chi connectivity index (χ2n) is 5.75. The van der Waals surface area contributed by atoms with Gasteiger partial charge in [-0.05, 0) is 19.1 Å². The van der Waals surface area contributed by atoms with E-state index in [9.17, 15) is 9.59 Å². The number of hydrogen-bond acceptors (Lipinski definition) is 5. The van der Waals surface area contributed by atoms with Gasteiger partial charge in [0.25, 0.3) is 0 Å². The van der Waals surface area contributed by atoms with E-state index in [1.807, 2.05) is 36.1 Å². The van der Waals surface area contributed by atoms with E-state index in [2.05, 4.69) is 10.3 Å². The van der Waals surface area contributed by atoms with Crippen molar-refractivity contribution in [1.82, 2.24) is 14.8 Å². The number of fused-ring (bicyclic) bond motifs is 1. The first-order chi connectivity index (χ1) is 11.0. The maximum Gasteiger partial charge on any atom is 0.243 e. The van der Waals surface area contributed by atoms with Crippen molar-refractivity contribution in [2.45, 2.75) is 19.4 Å². The van der Waals surface area contributed by atoms with Gasteiger partial charge in [0, 0.05) is 33.1 Å². The molecule has 1 aromatic carbocycles. The fraction of sp³-hybridized carbons (Fsp3) is 0.438. The summed E-state index contributed by atoms with van der Waals surface area (Å²) in [4.78, 5) is 32.4. The summed E-state index contributed by atoms with van der Waals surface area (Å²) < 4.78 is 1.05. The molecule has 0 unspecified atom stereocenters. The number of aromatic nitrogens is 1. The standard InChI is InChI=1S/C16H20N4O2S/c1-11(20-8-7-14(21)19(2)9-10-20)15(22)18-16-17-12-5-3-4-6-13(12)23-16/h3-6,11H,7-10H2,1-2H3,(H,17,18,22)/t11-/m0/s1. The Kier molecular flexibility index (Phi) is 4.58. The molecule has 0 radical (unpaired) electrons. The third-order valence-corrected chi connectivity index (χ3v) is 5.16. The van der Waals surface area contributed by atoms with Crippen molar-refractivity contribution in [3.63, 3.8) is 0 Å². The van der Waals surface area contributed by atoms with Crippen LogP contribution in [0.25, 0.3) is 10.2 Å². The Morgan fingerprint density at radius 1 is 1.30 bits per heavy atom. The van der Waals surface area contributed by atoms with E-state index in [-0.39, 0.29) is 17.9 Å². The second kappa shape index (κ2) is 6.64. The highest BCUT2D eigenvalue weighted by Gasteiger charge is 2.26. The maximum absolute atomic E-state index is 12.5. The Hall–Kier alpha value is -1.99. The van der Waals surface area contributed by atoms with Crippen LogP contribution in [-0.2, 0) is 9.59 Å². The third-order valence-electron chi connectivity index (χ3n) is 4.21. The molecule has 1 N–H and O–H groups in total. The van der Waals surface area contributed by atoms with Crippen molar-refractivity contribution >= 4 is 38.5 Å². The number of rotatable bonds is 3. The van der Waals surface area contributed by atoms with Gasteiger partial charge < -0.3 is 10.2 Å². The number of amides is 2. The molecule has 1 fully saturated rings. The van der Waals surface area contributed by atoms with Crippen molar-refractivity contribution in [2.75, 3.05) is 32.0 Å². The van der Waals surface area contributed by atoms with E-state index < -0.39 is 0 Å². The molecule has 122 valence electrons. The first kappa shape index (κ1) is 15.9. The van der Waals surface area contributed by atoms with E-state index in [4.69, 9.17) is 0 Å². The zero-order chi connectivity index (χ0) is 16.4. The zero-order valence-corrected chi connectivity index (χ0v) is 14.1. The highest BCUT2D eigenvalue weighted by Crippen LogP contribution is 2.25. The van der Waals surface area contributed by atoms with Crippen LogP contribution in [0.4, 0.5) is 5.13 Å². The number of carbonyl (C=O) groups is 2. The normalized spacial score (nSPS) is 18.0. The van der Waals surface area contributed by atoms with Gasteiger partial charge in [0.05, 0.1) is 16.3 Å². The van der Waals surface area contributed by atoms with Crippen LogP contribution in [0.2, 0.25) is 0 Å². The molecule has 2 amide bonds. The molecule has 1 aliphatic heterocycles. The van der Waals surface area contributed by atoms with Gasteiger partial charge in [0.15, 0.2) is 5.13 Å². The van der Waals surface area contributed by atoms with Gasteiger partial charge in [-0.3, -0.25) is 14.5 Å². The van der Waals surface area contributed by atoms with Crippen LogP contribution >= 0.6 is 11.3 Å². The molecule has 2 aromatic rings. The van der Waals surface area contributed by atoms with E-state index in [0.717, 1.165) is 10.2 Å². The predicted molar refractivity (Wildman–Crippen MR) is 91.5 cm³/mol. The quantitative estimate of drug-likeness (QED) is 0.931. The van der Waals surface area contributed by atoms with Crippen LogP contribution < -0.4 is 5.32 Å². The summed E-state index contributed by atoms with van der Waals surface area (Å²) in [7, 11) is 1.80. The minimum absolute atomic E-state index is 0.0824. The fourth-order valence-corrected chi connectivity index (χ4v) is 3.50. The molecule has 23 heavy (non-hydrogen) atoms. The second-order valence-corrected chi connectivity index (χ2v) is 6.78. The van der Waals surface area contributed by atoms with Gasteiger partial charge in [0.2, 0.25) is 11.8 Å². The lowest BCUT2D eigenvalue weighted by Crippen LogP contribution is -2.43. The van der Waals surface area contributed by atoms with Crippen molar-refractivity contribution in [2.24, 2.45) is 0 Å². The van der Waals surface area contributed by atoms with Crippen LogP contribution in [-0.4, -0.2) is 59.3 Å². The Labute approximate surface area is 139 Å². The Morgan fingerprint density at radius 3 is 2.87 bits per heavy atom. The molecule has 0 spiro atoms. The Morgan fingerprint density at radius 2 is 2.09 bits per heavy atom. The minimum Gasteiger partial charge on any atom is -0.344 e. The lowest BCUT2D eigenvalue weighted by atomic mass is 10.2. The molecule has 6 nitrogen and oxygen atoms in total. The van der Waals surface area contributed by atoms with E-state index in [1.54, 1.807) is 11.9 Å². The topological polar surface area (TPSA) is 65.5 Å². The summed E-state index contributed by atoms with van der Waals surface area (Å²) >= 11 is 1.47. The van der Waals surface area contributed by atoms with Gasteiger partial charge in [0.1, 0.15) is 0 Å². The SMILES string of the molecule is C[C@@H](C(=O)Nc1nc2ccccc2s1)N1CCC(=O)N(C)CC1. The molecule has 3 rings (SSSR count). The maximum atomic E-state index is 12.5. The largest absolute Gasteiger partial charge is 0.344 e. The molecular weight excluding hydrogens is 312 g/mol. The molecule has 1 atom stereocenters. The Bertz CT molecular complexity index is 697. The number of thiazole rings is 1. The number of anilines is 1. The number of para-hydroxylation sites is 1. The number of nitrogens with one attached hydrogen (secondary N) is 1. The smallest absolute Gasteiger partial charge is 0.243 e. The number of carbonyl (C=O) groups excluding carboxylic acids is 2. The van der Waals surface area contributed by atoms with Gasteiger partial charge in [-0.15, -0.1) is 0 Å². The summed E-state index contributed by atoms with van der Waals surface area (Å²) in [5.41, 5.74) is 0.891. The first-order valence-electron chi connectivity index (χ1n) is 7.69. The van der Waals surface area contributed by atoms with E-state index in [0.29, 0.717) is 31.2 Å². The summed E-state index contributed by atoms with van der Waals surface area (Å²) in [6.45, 7) is 3.84. The number of nitrogens with zero attached hydrogens (tertiary/aromatic N) is 3. The molecule has 0 saturated carbocycles. The monoisotopic (exact) mass is 332 g/mol. The van der Waals surface area contributed by atoms with Crippen molar-refractivity contribution in [3.05, 3.63) is 24.3 Å². The average Bonchev–Trinajstić information content (AvgIpc) is 2.87. The summed E-state index contributed by atoms with van der Waals surface area (Å²) in [5, 5.41) is 3.52. The van der Waals surface area contributed by atoms with Gasteiger partial charge in [-0.1, -0.05) is 23.5 Å². The van der Waals surface area contributed by atoms with Gasteiger partial charge in [-0.25, -0.2) is 4.98 Å². The lowest BCUT2D eigenvalue weighted by molar-refractivity contribution is -0.129. The van der Waals surface area contributed by atoms with E-state index in [1.165, 1.54) is 11.3 Å². The molecule has 0 bridgehead atoms. The van der Waals surface area contributed by atoms with Crippen molar-refractivity contribution in [1.29, 1.82) is 0 Å². The van der Waals surface area contributed by atoms with Crippen LogP contribution in [0.1, 0.15) is 13.3 Å². The minimum atomic E-state index is -0.290. The summed E-state index contributed by atoms with van der Waals surface area (Å²) in [5.74, 6) is 0.0485. The molecular formula is C16H20N4O2S. The molecule has 1 aliphatic rings. The first-order valence-corrected chi connectivity index (χ1v) is 8.50. The Balaban J connectivity index is 1.66. The van der Waals surface area contributed by atoms with Crippen molar-refractivity contribution in [3.8, 4) is 0 Å². The summed E-state index contributed by atoms with van der Waals surface area (Å²) in [6.07, 6.45) is 0.454. The van der Waals surface area contributed by atoms with Crippen LogP contribution in [0, 0.1) is 0 Å². The predicted octanol–water partition coefficient (Wildman–Crippen LogP) is 1.79. The molecule has 7 heteroatoms. The zero-order valence-electron chi connectivity index (χ0n) is 13.3. The number of likely N-dealkylation sites (N-methyl/N-ethyl adjacent to an activating group) is 1. The van der Waals surface area contributed by atoms with E-state index >= 15 is 0 Å². The average molecular weight is 332 g/mol.